The average Bonchev–Trinajstić information content (AvgIpc) is 2.65. The van der Waals surface area contributed by atoms with E-state index < -0.39 is 11.6 Å². The second kappa shape index (κ2) is 7.21. The summed E-state index contributed by atoms with van der Waals surface area (Å²) in [5.74, 6) is 0.198. The first-order valence-corrected chi connectivity index (χ1v) is 7.97. The van der Waals surface area contributed by atoms with Gasteiger partial charge in [0.25, 0.3) is 0 Å². The van der Waals surface area contributed by atoms with E-state index in [2.05, 4.69) is 4.74 Å². The Morgan fingerprint density at radius 1 is 1.08 bits per heavy atom. The van der Waals surface area contributed by atoms with Crippen LogP contribution in [0.3, 0.4) is 0 Å². The Balaban J connectivity index is 1.83. The Kier molecular flexibility index (Phi) is 4.84. The summed E-state index contributed by atoms with van der Waals surface area (Å²) in [6.45, 7) is 2.27. The Morgan fingerprint density at radius 2 is 1.84 bits per heavy atom. The monoisotopic (exact) mass is 338 g/mol. The van der Waals surface area contributed by atoms with Gasteiger partial charge >= 0.3 is 11.6 Å². The van der Waals surface area contributed by atoms with Crippen LogP contribution in [-0.2, 0) is 17.8 Å². The number of fused-ring (bicyclic) bond motifs is 1. The summed E-state index contributed by atoms with van der Waals surface area (Å²) in [6, 6.07) is 13.9. The maximum absolute atomic E-state index is 11.8. The van der Waals surface area contributed by atoms with E-state index in [9.17, 15) is 9.59 Å². The van der Waals surface area contributed by atoms with Crippen LogP contribution in [0.5, 0.6) is 5.75 Å². The Morgan fingerprint density at radius 3 is 2.52 bits per heavy atom. The molecule has 0 atom stereocenters. The molecule has 0 amide bonds. The zero-order chi connectivity index (χ0) is 17.8. The minimum atomic E-state index is -0.402. The Labute approximate surface area is 144 Å². The molecule has 3 aromatic rings. The first kappa shape index (κ1) is 16.8. The van der Waals surface area contributed by atoms with Crippen LogP contribution < -0.4 is 10.4 Å². The van der Waals surface area contributed by atoms with Crippen LogP contribution in [0.1, 0.15) is 28.4 Å². The van der Waals surface area contributed by atoms with E-state index in [1.54, 1.807) is 24.3 Å². The van der Waals surface area contributed by atoms with Crippen LogP contribution >= 0.6 is 0 Å². The number of aryl methyl sites for hydroxylation is 1. The van der Waals surface area contributed by atoms with E-state index in [-0.39, 0.29) is 6.61 Å². The van der Waals surface area contributed by atoms with Gasteiger partial charge < -0.3 is 13.9 Å². The largest absolute Gasteiger partial charge is 0.489 e. The van der Waals surface area contributed by atoms with Gasteiger partial charge in [-0.3, -0.25) is 0 Å². The molecule has 0 aliphatic carbocycles. The number of ether oxygens (including phenoxy) is 2. The van der Waals surface area contributed by atoms with Gasteiger partial charge in [0.1, 0.15) is 17.9 Å². The van der Waals surface area contributed by atoms with Gasteiger partial charge in [0.15, 0.2) is 0 Å². The van der Waals surface area contributed by atoms with E-state index in [4.69, 9.17) is 9.15 Å². The summed E-state index contributed by atoms with van der Waals surface area (Å²) in [5, 5.41) is 0.850. The van der Waals surface area contributed by atoms with Crippen LogP contribution in [0.15, 0.2) is 57.7 Å². The second-order valence-electron chi connectivity index (χ2n) is 5.58. The van der Waals surface area contributed by atoms with Crippen LogP contribution in [0, 0.1) is 0 Å². The van der Waals surface area contributed by atoms with E-state index in [0.717, 1.165) is 22.9 Å². The highest BCUT2D eigenvalue weighted by molar-refractivity contribution is 5.89. The molecule has 0 N–H and O–H groups in total. The third kappa shape index (κ3) is 3.71. The lowest BCUT2D eigenvalue weighted by atomic mass is 10.1. The average molecular weight is 338 g/mol. The van der Waals surface area contributed by atoms with E-state index in [1.165, 1.54) is 13.2 Å². The van der Waals surface area contributed by atoms with Gasteiger partial charge in [-0.05, 0) is 42.3 Å². The zero-order valence-corrected chi connectivity index (χ0v) is 14.1. The van der Waals surface area contributed by atoms with Gasteiger partial charge in [-0.1, -0.05) is 19.1 Å². The van der Waals surface area contributed by atoms with Gasteiger partial charge in [0.05, 0.1) is 12.7 Å². The Hall–Kier alpha value is -3.08. The lowest BCUT2D eigenvalue weighted by Gasteiger charge is -2.09. The molecule has 0 bridgehead atoms. The van der Waals surface area contributed by atoms with E-state index in [1.807, 2.05) is 25.1 Å². The van der Waals surface area contributed by atoms with Crippen molar-refractivity contribution in [3.8, 4) is 5.75 Å². The van der Waals surface area contributed by atoms with Gasteiger partial charge in [-0.15, -0.1) is 0 Å². The van der Waals surface area contributed by atoms with Crippen molar-refractivity contribution in [1.29, 1.82) is 0 Å². The van der Waals surface area contributed by atoms with Crippen molar-refractivity contribution in [3.05, 3.63) is 75.6 Å². The number of hydrogen-bond acceptors (Lipinski definition) is 5. The molecule has 0 saturated carbocycles. The van der Waals surface area contributed by atoms with Gasteiger partial charge in [0, 0.05) is 17.0 Å². The number of benzene rings is 2. The van der Waals surface area contributed by atoms with Crippen molar-refractivity contribution in [2.75, 3.05) is 7.11 Å². The molecule has 0 spiro atoms. The summed E-state index contributed by atoms with van der Waals surface area (Å²) in [6.07, 6.45) is 0.868. The third-order valence-electron chi connectivity index (χ3n) is 3.97. The summed E-state index contributed by atoms with van der Waals surface area (Å²) < 4.78 is 15.7. The minimum absolute atomic E-state index is 0.227. The van der Waals surface area contributed by atoms with Crippen molar-refractivity contribution >= 4 is 16.9 Å². The molecule has 0 radical (unpaired) electrons. The maximum atomic E-state index is 11.8. The molecule has 25 heavy (non-hydrogen) atoms. The summed E-state index contributed by atoms with van der Waals surface area (Å²) in [7, 11) is 1.34. The fraction of sp³-hybridized carbons (Fsp3) is 0.200. The molecule has 3 rings (SSSR count). The predicted molar refractivity (Wildman–Crippen MR) is 94.0 cm³/mol. The number of methoxy groups -OCH3 is 1. The maximum Gasteiger partial charge on any atom is 0.337 e. The van der Waals surface area contributed by atoms with Crippen LogP contribution in [0.25, 0.3) is 11.0 Å². The van der Waals surface area contributed by atoms with Crippen LogP contribution in [0.2, 0.25) is 0 Å². The summed E-state index contributed by atoms with van der Waals surface area (Å²) in [5.41, 5.74) is 2.47. The summed E-state index contributed by atoms with van der Waals surface area (Å²) in [4.78, 5) is 23.2. The standard InChI is InChI=1S/C20H18O5/c1-3-13-4-9-17-15(11-19(21)25-18(17)10-13)12-24-16-7-5-14(6-8-16)20(22)23-2/h4-11H,3,12H2,1-2H3. The quantitative estimate of drug-likeness (QED) is 0.524. The number of esters is 1. The lowest BCUT2D eigenvalue weighted by molar-refractivity contribution is 0.0600. The molecule has 0 unspecified atom stereocenters. The summed E-state index contributed by atoms with van der Waals surface area (Å²) >= 11 is 0. The normalized spacial score (nSPS) is 10.6. The van der Waals surface area contributed by atoms with Gasteiger partial charge in [-0.25, -0.2) is 9.59 Å². The SMILES string of the molecule is CCc1ccc2c(COc3ccc(C(=O)OC)cc3)cc(=O)oc2c1. The topological polar surface area (TPSA) is 65.7 Å². The second-order valence-corrected chi connectivity index (χ2v) is 5.58. The molecular weight excluding hydrogens is 320 g/mol. The molecule has 0 aliphatic heterocycles. The smallest absolute Gasteiger partial charge is 0.337 e. The molecule has 1 aromatic heterocycles. The van der Waals surface area contributed by atoms with Crippen molar-refractivity contribution in [1.82, 2.24) is 0 Å². The molecule has 128 valence electrons. The molecule has 0 aliphatic rings. The number of hydrogen-bond donors (Lipinski definition) is 0. The highest BCUT2D eigenvalue weighted by Crippen LogP contribution is 2.21. The third-order valence-corrected chi connectivity index (χ3v) is 3.97. The van der Waals surface area contributed by atoms with E-state index >= 15 is 0 Å². The highest BCUT2D eigenvalue weighted by atomic mass is 16.5. The molecule has 2 aromatic carbocycles. The fourth-order valence-electron chi connectivity index (χ4n) is 2.58. The first-order valence-electron chi connectivity index (χ1n) is 7.97. The van der Waals surface area contributed by atoms with Gasteiger partial charge in [-0.2, -0.15) is 0 Å². The molecule has 1 heterocycles. The van der Waals surface area contributed by atoms with Crippen molar-refractivity contribution in [2.45, 2.75) is 20.0 Å². The molecule has 5 heteroatoms. The van der Waals surface area contributed by atoms with Crippen LogP contribution in [-0.4, -0.2) is 13.1 Å². The molecule has 0 fully saturated rings. The van der Waals surface area contributed by atoms with Crippen molar-refractivity contribution in [3.63, 3.8) is 0 Å². The first-order chi connectivity index (χ1) is 12.1. The number of carbonyl (C=O) groups is 1. The zero-order valence-electron chi connectivity index (χ0n) is 14.1. The van der Waals surface area contributed by atoms with Crippen molar-refractivity contribution < 1.29 is 18.7 Å². The number of carbonyl (C=O) groups excluding carboxylic acids is 1. The number of rotatable bonds is 5. The van der Waals surface area contributed by atoms with Gasteiger partial charge in [0.2, 0.25) is 0 Å². The predicted octanol–water partition coefficient (Wildman–Crippen LogP) is 3.72. The van der Waals surface area contributed by atoms with E-state index in [0.29, 0.717) is 16.9 Å². The van der Waals surface area contributed by atoms with Crippen molar-refractivity contribution in [2.24, 2.45) is 0 Å². The molecule has 0 saturated heterocycles. The molecular formula is C20H18O5. The minimum Gasteiger partial charge on any atom is -0.489 e. The Bertz CT molecular complexity index is 954. The molecule has 5 nitrogen and oxygen atoms in total. The lowest BCUT2D eigenvalue weighted by Crippen LogP contribution is -2.05. The highest BCUT2D eigenvalue weighted by Gasteiger charge is 2.08. The fourth-order valence-corrected chi connectivity index (χ4v) is 2.58. The van der Waals surface area contributed by atoms with Crippen LogP contribution in [0.4, 0.5) is 0 Å².